The maximum absolute atomic E-state index is 12.3. The van der Waals surface area contributed by atoms with Gasteiger partial charge in [0.15, 0.2) is 5.96 Å². The molecule has 1 aromatic rings. The van der Waals surface area contributed by atoms with E-state index in [1.807, 2.05) is 45.9 Å². The van der Waals surface area contributed by atoms with E-state index in [9.17, 15) is 9.59 Å². The van der Waals surface area contributed by atoms with Gasteiger partial charge in [0.2, 0.25) is 11.8 Å². The Morgan fingerprint density at radius 1 is 1.19 bits per heavy atom. The predicted molar refractivity (Wildman–Crippen MR) is 114 cm³/mol. The molecule has 1 aromatic carbocycles. The average molecular weight is 440 g/mol. The number of anilines is 1. The summed E-state index contributed by atoms with van der Waals surface area (Å²) in [4.78, 5) is 32.4. The van der Waals surface area contributed by atoms with Gasteiger partial charge in [-0.3, -0.25) is 9.59 Å². The summed E-state index contributed by atoms with van der Waals surface area (Å²) in [6, 6.07) is 5.71. The second kappa shape index (κ2) is 11.6. The Hall–Kier alpha value is -2.09. The quantitative estimate of drug-likeness (QED) is 0.481. The summed E-state index contributed by atoms with van der Waals surface area (Å²) in [5, 5.41) is 5.99. The standard InChI is InChI=1S/C19H30BrN5O2/c1-6-21-19(24(5)13-18(27)25(7-2)8-3)22-12-17(26)23-16-11-15(20)10-9-14(16)4/h9-11H,6-8,12-13H2,1-5H3,(H,21,22)(H,23,26). The van der Waals surface area contributed by atoms with Gasteiger partial charge in [0.05, 0.1) is 6.54 Å². The number of carbonyl (C=O) groups excluding carboxylic acids is 2. The summed E-state index contributed by atoms with van der Waals surface area (Å²) < 4.78 is 0.898. The van der Waals surface area contributed by atoms with E-state index in [4.69, 9.17) is 0 Å². The van der Waals surface area contributed by atoms with Crippen LogP contribution in [0.1, 0.15) is 26.3 Å². The third-order valence-corrected chi connectivity index (χ3v) is 4.52. The van der Waals surface area contributed by atoms with Crippen LogP contribution in [0.3, 0.4) is 0 Å². The van der Waals surface area contributed by atoms with Gasteiger partial charge < -0.3 is 20.4 Å². The molecule has 0 aliphatic carbocycles. The zero-order chi connectivity index (χ0) is 20.4. The number of hydrogen-bond acceptors (Lipinski definition) is 3. The van der Waals surface area contributed by atoms with E-state index in [1.54, 1.807) is 16.8 Å². The number of nitrogens with one attached hydrogen (secondary N) is 2. The number of hydrogen-bond donors (Lipinski definition) is 2. The number of aryl methyl sites for hydroxylation is 1. The molecule has 0 aromatic heterocycles. The predicted octanol–water partition coefficient (Wildman–Crippen LogP) is 2.46. The summed E-state index contributed by atoms with van der Waals surface area (Å²) in [5.74, 6) is 0.344. The third kappa shape index (κ3) is 7.58. The summed E-state index contributed by atoms with van der Waals surface area (Å²) in [7, 11) is 1.79. The molecular formula is C19H30BrN5O2. The molecule has 0 atom stereocenters. The van der Waals surface area contributed by atoms with E-state index in [-0.39, 0.29) is 24.9 Å². The van der Waals surface area contributed by atoms with Gasteiger partial charge in [-0.15, -0.1) is 0 Å². The van der Waals surface area contributed by atoms with Crippen LogP contribution >= 0.6 is 15.9 Å². The molecular weight excluding hydrogens is 410 g/mol. The Balaban J connectivity index is 2.75. The molecule has 0 aliphatic rings. The number of benzene rings is 1. The van der Waals surface area contributed by atoms with Gasteiger partial charge in [-0.05, 0) is 45.4 Å². The Morgan fingerprint density at radius 3 is 2.44 bits per heavy atom. The van der Waals surface area contributed by atoms with Crippen molar-refractivity contribution in [1.82, 2.24) is 15.1 Å². The first-order valence-electron chi connectivity index (χ1n) is 9.15. The largest absolute Gasteiger partial charge is 0.356 e. The van der Waals surface area contributed by atoms with E-state index < -0.39 is 0 Å². The van der Waals surface area contributed by atoms with Gasteiger partial charge in [0, 0.05) is 36.8 Å². The molecule has 150 valence electrons. The number of guanidine groups is 1. The van der Waals surface area contributed by atoms with E-state index in [0.29, 0.717) is 25.6 Å². The average Bonchev–Trinajstić information content (AvgIpc) is 2.62. The minimum Gasteiger partial charge on any atom is -0.356 e. The van der Waals surface area contributed by atoms with Crippen molar-refractivity contribution in [3.8, 4) is 0 Å². The lowest BCUT2D eigenvalue weighted by molar-refractivity contribution is -0.131. The zero-order valence-corrected chi connectivity index (χ0v) is 18.4. The Bertz CT molecular complexity index is 674. The molecule has 0 unspecified atom stereocenters. The molecule has 1 rings (SSSR count). The molecule has 27 heavy (non-hydrogen) atoms. The maximum atomic E-state index is 12.3. The minimum absolute atomic E-state index is 0.0297. The summed E-state index contributed by atoms with van der Waals surface area (Å²) in [6.45, 7) is 9.95. The fourth-order valence-corrected chi connectivity index (χ4v) is 2.85. The number of carbonyl (C=O) groups is 2. The van der Waals surface area contributed by atoms with Crippen LogP contribution in [0.5, 0.6) is 0 Å². The van der Waals surface area contributed by atoms with Crippen molar-refractivity contribution in [2.45, 2.75) is 27.7 Å². The van der Waals surface area contributed by atoms with Crippen LogP contribution in [0, 0.1) is 6.92 Å². The molecule has 0 saturated heterocycles. The van der Waals surface area contributed by atoms with Crippen molar-refractivity contribution < 1.29 is 9.59 Å². The highest BCUT2D eigenvalue weighted by atomic mass is 79.9. The minimum atomic E-state index is -0.213. The highest BCUT2D eigenvalue weighted by Crippen LogP contribution is 2.20. The molecule has 2 amide bonds. The molecule has 7 nitrogen and oxygen atoms in total. The second-order valence-corrected chi connectivity index (χ2v) is 7.02. The highest BCUT2D eigenvalue weighted by Gasteiger charge is 2.15. The van der Waals surface area contributed by atoms with Crippen LogP contribution in [-0.4, -0.2) is 67.3 Å². The van der Waals surface area contributed by atoms with Crippen molar-refractivity contribution in [2.75, 3.05) is 45.1 Å². The van der Waals surface area contributed by atoms with Crippen LogP contribution in [0.15, 0.2) is 27.7 Å². The van der Waals surface area contributed by atoms with Gasteiger partial charge >= 0.3 is 0 Å². The van der Waals surface area contributed by atoms with Crippen molar-refractivity contribution in [3.05, 3.63) is 28.2 Å². The monoisotopic (exact) mass is 439 g/mol. The first kappa shape index (κ1) is 23.0. The van der Waals surface area contributed by atoms with E-state index >= 15 is 0 Å². The van der Waals surface area contributed by atoms with Crippen LogP contribution < -0.4 is 10.6 Å². The molecule has 0 saturated carbocycles. The summed E-state index contributed by atoms with van der Waals surface area (Å²) >= 11 is 3.40. The maximum Gasteiger partial charge on any atom is 0.246 e. The van der Waals surface area contributed by atoms with E-state index in [1.165, 1.54) is 0 Å². The molecule has 0 spiro atoms. The number of amides is 2. The van der Waals surface area contributed by atoms with Gasteiger partial charge in [0.1, 0.15) is 6.54 Å². The summed E-state index contributed by atoms with van der Waals surface area (Å²) in [5.41, 5.74) is 1.73. The number of nitrogens with zero attached hydrogens (tertiary/aromatic N) is 3. The lowest BCUT2D eigenvalue weighted by Crippen LogP contribution is -2.46. The number of likely N-dealkylation sites (N-methyl/N-ethyl adjacent to an activating group) is 2. The molecule has 8 heteroatoms. The highest BCUT2D eigenvalue weighted by molar-refractivity contribution is 9.10. The summed E-state index contributed by atoms with van der Waals surface area (Å²) in [6.07, 6.45) is 0. The van der Waals surface area contributed by atoms with Crippen LogP contribution in [0.25, 0.3) is 0 Å². The fourth-order valence-electron chi connectivity index (χ4n) is 2.49. The molecule has 0 aliphatic heterocycles. The van der Waals surface area contributed by atoms with Gasteiger partial charge in [-0.2, -0.15) is 0 Å². The Kier molecular flexibility index (Phi) is 9.85. The molecule has 0 fully saturated rings. The van der Waals surface area contributed by atoms with E-state index in [0.717, 1.165) is 15.7 Å². The van der Waals surface area contributed by atoms with E-state index in [2.05, 4.69) is 31.6 Å². The fraction of sp³-hybridized carbons (Fsp3) is 0.526. The topological polar surface area (TPSA) is 77.0 Å². The Labute approximate surface area is 170 Å². The lowest BCUT2D eigenvalue weighted by Gasteiger charge is -2.25. The third-order valence-electron chi connectivity index (χ3n) is 4.03. The molecule has 0 bridgehead atoms. The van der Waals surface area contributed by atoms with Gasteiger partial charge in [-0.1, -0.05) is 22.0 Å². The molecule has 0 heterocycles. The van der Waals surface area contributed by atoms with Crippen molar-refractivity contribution in [3.63, 3.8) is 0 Å². The smallest absolute Gasteiger partial charge is 0.246 e. The Morgan fingerprint density at radius 2 is 1.85 bits per heavy atom. The lowest BCUT2D eigenvalue weighted by atomic mass is 10.2. The van der Waals surface area contributed by atoms with Crippen LogP contribution in [0.2, 0.25) is 0 Å². The second-order valence-electron chi connectivity index (χ2n) is 6.10. The molecule has 0 radical (unpaired) electrons. The number of halogens is 1. The SMILES string of the molecule is CCNC(=NCC(=O)Nc1cc(Br)ccc1C)N(C)CC(=O)N(CC)CC. The molecule has 2 N–H and O–H groups in total. The number of rotatable bonds is 8. The van der Waals surface area contributed by atoms with Gasteiger partial charge in [0.25, 0.3) is 0 Å². The van der Waals surface area contributed by atoms with Crippen molar-refractivity contribution in [1.29, 1.82) is 0 Å². The van der Waals surface area contributed by atoms with Gasteiger partial charge in [-0.25, -0.2) is 4.99 Å². The first-order valence-corrected chi connectivity index (χ1v) is 9.94. The normalized spacial score (nSPS) is 11.1. The zero-order valence-electron chi connectivity index (χ0n) is 16.8. The van der Waals surface area contributed by atoms with Crippen LogP contribution in [0.4, 0.5) is 5.69 Å². The van der Waals surface area contributed by atoms with Crippen molar-refractivity contribution >= 4 is 39.4 Å². The van der Waals surface area contributed by atoms with Crippen LogP contribution in [-0.2, 0) is 9.59 Å². The number of aliphatic imine (C=N–C) groups is 1. The van der Waals surface area contributed by atoms with Crippen molar-refractivity contribution in [2.24, 2.45) is 4.99 Å². The first-order chi connectivity index (χ1) is 12.8.